The summed E-state index contributed by atoms with van der Waals surface area (Å²) in [5.41, 5.74) is 0.807. The van der Waals surface area contributed by atoms with Gasteiger partial charge in [-0.15, -0.1) is 0 Å². The quantitative estimate of drug-likeness (QED) is 0.662. The fourth-order valence-electron chi connectivity index (χ4n) is 3.61. The molecule has 0 amide bonds. The molecule has 2 aromatic rings. The van der Waals surface area contributed by atoms with Crippen LogP contribution in [-0.2, 0) is 4.79 Å². The lowest BCUT2D eigenvalue weighted by molar-refractivity contribution is -0.138. The molecule has 164 valence electrons. The number of carboxylic acid groups (broad SMARTS) is 1. The van der Waals surface area contributed by atoms with Crippen LogP contribution in [0.5, 0.6) is 11.5 Å². The van der Waals surface area contributed by atoms with E-state index in [1.807, 2.05) is 13.1 Å². The number of likely N-dealkylation sites (N-methyl/N-ethyl adjacent to an activating group) is 1. The van der Waals surface area contributed by atoms with E-state index in [9.17, 15) is 9.90 Å². The van der Waals surface area contributed by atoms with Gasteiger partial charge in [0.05, 0.1) is 18.2 Å². The molecule has 0 bridgehead atoms. The fourth-order valence-corrected chi connectivity index (χ4v) is 3.61. The highest BCUT2D eigenvalue weighted by atomic mass is 19.1. The van der Waals surface area contributed by atoms with Crippen molar-refractivity contribution in [2.45, 2.75) is 31.9 Å². The third-order valence-electron chi connectivity index (χ3n) is 5.11. The predicted octanol–water partition coefficient (Wildman–Crippen LogP) is 3.81. The van der Waals surface area contributed by atoms with Crippen LogP contribution in [0.15, 0.2) is 36.4 Å². The van der Waals surface area contributed by atoms with Crippen LogP contribution < -0.4 is 14.8 Å². The molecule has 2 unspecified atom stereocenters. The van der Waals surface area contributed by atoms with Crippen LogP contribution in [0.3, 0.4) is 0 Å². The van der Waals surface area contributed by atoms with E-state index >= 15 is 4.39 Å². The molecule has 8 heteroatoms. The molecule has 0 spiro atoms. The SMILES string of the molecule is CCOc1cc(OC2CCCN(C)C2)c(F)c(C(Nc2ccc(C#N)cc2)C(=O)O)c1. The third kappa shape index (κ3) is 5.64. The van der Waals surface area contributed by atoms with Crippen molar-refractivity contribution in [2.24, 2.45) is 0 Å². The number of carboxylic acids is 1. The van der Waals surface area contributed by atoms with Crippen LogP contribution in [-0.4, -0.2) is 48.8 Å². The molecular weight excluding hydrogens is 401 g/mol. The number of benzene rings is 2. The molecule has 1 aliphatic heterocycles. The van der Waals surface area contributed by atoms with Crippen molar-refractivity contribution < 1.29 is 23.8 Å². The van der Waals surface area contributed by atoms with Crippen molar-refractivity contribution in [1.29, 1.82) is 5.26 Å². The summed E-state index contributed by atoms with van der Waals surface area (Å²) in [6, 6.07) is 9.75. The Balaban J connectivity index is 1.94. The highest BCUT2D eigenvalue weighted by Gasteiger charge is 2.28. The van der Waals surface area contributed by atoms with Gasteiger partial charge in [0.15, 0.2) is 17.6 Å². The number of nitriles is 1. The van der Waals surface area contributed by atoms with E-state index in [-0.39, 0.29) is 17.4 Å². The monoisotopic (exact) mass is 427 g/mol. The Morgan fingerprint density at radius 1 is 1.39 bits per heavy atom. The number of likely N-dealkylation sites (tertiary alicyclic amines) is 1. The van der Waals surface area contributed by atoms with Gasteiger partial charge in [0, 0.05) is 23.9 Å². The van der Waals surface area contributed by atoms with Gasteiger partial charge in [-0.1, -0.05) is 0 Å². The number of aliphatic carboxylic acids is 1. The summed E-state index contributed by atoms with van der Waals surface area (Å²) in [5.74, 6) is -1.66. The van der Waals surface area contributed by atoms with Crippen LogP contribution in [0.1, 0.15) is 36.9 Å². The second kappa shape index (κ2) is 10.1. The number of hydrogen-bond acceptors (Lipinski definition) is 6. The predicted molar refractivity (Wildman–Crippen MR) is 114 cm³/mol. The summed E-state index contributed by atoms with van der Waals surface area (Å²) < 4.78 is 26.9. The van der Waals surface area contributed by atoms with E-state index in [1.54, 1.807) is 31.2 Å². The maximum Gasteiger partial charge on any atom is 0.330 e. The Morgan fingerprint density at radius 2 is 2.13 bits per heavy atom. The number of halogens is 1. The lowest BCUT2D eigenvalue weighted by Crippen LogP contribution is -2.38. The maximum atomic E-state index is 15.4. The molecular formula is C23H26FN3O4. The molecule has 2 aromatic carbocycles. The summed E-state index contributed by atoms with van der Waals surface area (Å²) in [7, 11) is 1.98. The molecule has 0 aromatic heterocycles. The molecule has 1 saturated heterocycles. The van der Waals surface area contributed by atoms with Gasteiger partial charge in [0.2, 0.25) is 0 Å². The molecule has 7 nitrogen and oxygen atoms in total. The number of hydrogen-bond donors (Lipinski definition) is 2. The Morgan fingerprint density at radius 3 is 2.74 bits per heavy atom. The molecule has 2 atom stereocenters. The highest BCUT2D eigenvalue weighted by molar-refractivity contribution is 5.80. The van der Waals surface area contributed by atoms with Crippen LogP contribution in [0.2, 0.25) is 0 Å². The van der Waals surface area contributed by atoms with Gasteiger partial charge in [-0.2, -0.15) is 5.26 Å². The standard InChI is InChI=1S/C23H26FN3O4/c1-3-30-18-11-19(21(24)20(12-18)31-17-5-4-10-27(2)14-17)22(23(28)29)26-16-8-6-15(13-25)7-9-16/h6-9,11-12,17,22,26H,3-5,10,14H2,1-2H3,(H,28,29). The van der Waals surface area contributed by atoms with Crippen LogP contribution in [0.25, 0.3) is 0 Å². The number of piperidine rings is 1. The number of rotatable bonds is 8. The van der Waals surface area contributed by atoms with Crippen molar-refractivity contribution in [3.8, 4) is 17.6 Å². The second-order valence-electron chi connectivity index (χ2n) is 7.51. The molecule has 3 rings (SSSR count). The Kier molecular flexibility index (Phi) is 7.32. The smallest absolute Gasteiger partial charge is 0.330 e. The normalized spacial score (nSPS) is 17.4. The number of anilines is 1. The first-order chi connectivity index (χ1) is 14.9. The van der Waals surface area contributed by atoms with Crippen LogP contribution >= 0.6 is 0 Å². The van der Waals surface area contributed by atoms with Crippen LogP contribution in [0.4, 0.5) is 10.1 Å². The maximum absolute atomic E-state index is 15.4. The molecule has 2 N–H and O–H groups in total. The minimum absolute atomic E-state index is 0.0193. The number of ether oxygens (including phenoxy) is 2. The number of nitrogens with one attached hydrogen (secondary N) is 1. The van der Waals surface area contributed by atoms with Crippen molar-refractivity contribution >= 4 is 11.7 Å². The van der Waals surface area contributed by atoms with Gasteiger partial charge in [0.25, 0.3) is 0 Å². The summed E-state index contributed by atoms with van der Waals surface area (Å²) in [5, 5.41) is 21.6. The van der Waals surface area contributed by atoms with Gasteiger partial charge < -0.3 is 24.8 Å². The molecule has 0 radical (unpaired) electrons. The summed E-state index contributed by atoms with van der Waals surface area (Å²) in [6.07, 6.45) is 1.55. The minimum Gasteiger partial charge on any atom is -0.494 e. The number of carbonyl (C=O) groups is 1. The molecule has 0 aliphatic carbocycles. The largest absolute Gasteiger partial charge is 0.494 e. The zero-order valence-electron chi connectivity index (χ0n) is 17.6. The van der Waals surface area contributed by atoms with E-state index in [0.717, 1.165) is 19.4 Å². The summed E-state index contributed by atoms with van der Waals surface area (Å²) in [4.78, 5) is 14.1. The first kappa shape index (κ1) is 22.4. The number of nitrogens with zero attached hydrogens (tertiary/aromatic N) is 2. The Bertz CT molecular complexity index is 959. The average Bonchev–Trinajstić information content (AvgIpc) is 2.75. The molecule has 1 fully saturated rings. The second-order valence-corrected chi connectivity index (χ2v) is 7.51. The molecule has 31 heavy (non-hydrogen) atoms. The summed E-state index contributed by atoms with van der Waals surface area (Å²) in [6.45, 7) is 3.77. The highest BCUT2D eigenvalue weighted by Crippen LogP contribution is 2.34. The average molecular weight is 427 g/mol. The van der Waals surface area contributed by atoms with Gasteiger partial charge in [-0.05, 0) is 63.7 Å². The van der Waals surface area contributed by atoms with Crippen molar-refractivity contribution in [3.05, 3.63) is 53.3 Å². The van der Waals surface area contributed by atoms with Crippen molar-refractivity contribution in [3.63, 3.8) is 0 Å². The third-order valence-corrected chi connectivity index (χ3v) is 5.11. The van der Waals surface area contributed by atoms with E-state index < -0.39 is 17.8 Å². The first-order valence-corrected chi connectivity index (χ1v) is 10.2. The van der Waals surface area contributed by atoms with E-state index in [1.165, 1.54) is 12.1 Å². The Labute approximate surface area is 181 Å². The molecule has 1 heterocycles. The zero-order chi connectivity index (χ0) is 22.4. The van der Waals surface area contributed by atoms with Crippen LogP contribution in [0, 0.1) is 17.1 Å². The fraction of sp³-hybridized carbons (Fsp3) is 0.391. The zero-order valence-corrected chi connectivity index (χ0v) is 17.6. The van der Waals surface area contributed by atoms with Crippen molar-refractivity contribution in [1.82, 2.24) is 4.90 Å². The van der Waals surface area contributed by atoms with Gasteiger partial charge >= 0.3 is 5.97 Å². The summed E-state index contributed by atoms with van der Waals surface area (Å²) >= 11 is 0. The lowest BCUT2D eigenvalue weighted by atomic mass is 10.0. The van der Waals surface area contributed by atoms with E-state index in [2.05, 4.69) is 10.2 Å². The van der Waals surface area contributed by atoms with Gasteiger partial charge in [-0.25, -0.2) is 9.18 Å². The minimum atomic E-state index is -1.37. The first-order valence-electron chi connectivity index (χ1n) is 10.2. The topological polar surface area (TPSA) is 94.8 Å². The van der Waals surface area contributed by atoms with Gasteiger partial charge in [0.1, 0.15) is 11.9 Å². The molecule has 1 aliphatic rings. The molecule has 0 saturated carbocycles. The van der Waals surface area contributed by atoms with Crippen molar-refractivity contribution in [2.75, 3.05) is 32.1 Å². The van der Waals surface area contributed by atoms with Gasteiger partial charge in [-0.3, -0.25) is 0 Å². The Hall–Kier alpha value is -3.31. The van der Waals surface area contributed by atoms with E-state index in [4.69, 9.17) is 14.7 Å². The van der Waals surface area contributed by atoms with E-state index in [0.29, 0.717) is 30.2 Å². The lowest BCUT2D eigenvalue weighted by Gasteiger charge is -2.30.